The largest absolute Gasteiger partial charge is 0.399 e. The Morgan fingerprint density at radius 1 is 1.37 bits per heavy atom. The molecule has 0 amide bonds. The quantitative estimate of drug-likeness (QED) is 0.777. The van der Waals surface area contributed by atoms with Crippen molar-refractivity contribution < 1.29 is 13.2 Å². The molecule has 1 aromatic carbocycles. The first kappa shape index (κ1) is 15.9. The van der Waals surface area contributed by atoms with E-state index in [0.717, 1.165) is 0 Å². The highest BCUT2D eigenvalue weighted by Gasteiger charge is 2.23. The second-order valence-corrected chi connectivity index (χ2v) is 6.63. The van der Waals surface area contributed by atoms with Gasteiger partial charge < -0.3 is 10.5 Å². The van der Waals surface area contributed by atoms with E-state index in [1.165, 1.54) is 6.07 Å². The molecule has 0 heterocycles. The van der Waals surface area contributed by atoms with Crippen molar-refractivity contribution in [2.24, 2.45) is 5.92 Å². The SMILES string of the molecule is COCC(NS(=O)(=O)c1ccc(N)cc1C)C(C)C. The number of nitrogens with one attached hydrogen (secondary N) is 1. The molecule has 5 nitrogen and oxygen atoms in total. The van der Waals surface area contributed by atoms with Gasteiger partial charge >= 0.3 is 0 Å². The van der Waals surface area contributed by atoms with E-state index in [1.54, 1.807) is 26.2 Å². The third kappa shape index (κ3) is 4.19. The number of sulfonamides is 1. The molecule has 0 bridgehead atoms. The molecule has 1 unspecified atom stereocenters. The first-order valence-corrected chi connectivity index (χ1v) is 7.63. The van der Waals surface area contributed by atoms with Crippen molar-refractivity contribution in [2.75, 3.05) is 19.5 Å². The van der Waals surface area contributed by atoms with Crippen LogP contribution >= 0.6 is 0 Å². The number of methoxy groups -OCH3 is 1. The Kier molecular flexibility index (Phi) is 5.34. The number of nitrogens with two attached hydrogens (primary N) is 1. The lowest BCUT2D eigenvalue weighted by atomic mass is 10.1. The molecule has 3 N–H and O–H groups in total. The van der Waals surface area contributed by atoms with Crippen LogP contribution < -0.4 is 10.5 Å². The van der Waals surface area contributed by atoms with Crippen LogP contribution in [0.25, 0.3) is 0 Å². The maximum absolute atomic E-state index is 12.3. The highest BCUT2D eigenvalue weighted by Crippen LogP contribution is 2.19. The maximum atomic E-state index is 12.3. The molecule has 0 radical (unpaired) electrons. The molecule has 0 fully saturated rings. The van der Waals surface area contributed by atoms with E-state index in [0.29, 0.717) is 17.9 Å². The summed E-state index contributed by atoms with van der Waals surface area (Å²) >= 11 is 0. The molecule has 0 spiro atoms. The molecule has 1 atom stereocenters. The number of rotatable bonds is 6. The number of nitrogen functional groups attached to an aromatic ring is 1. The van der Waals surface area contributed by atoms with E-state index >= 15 is 0 Å². The Morgan fingerprint density at radius 2 is 2.00 bits per heavy atom. The number of anilines is 1. The summed E-state index contributed by atoms with van der Waals surface area (Å²) in [6.45, 7) is 5.96. The normalized spacial score (nSPS) is 13.7. The summed E-state index contributed by atoms with van der Waals surface area (Å²) in [5.41, 5.74) is 6.81. The van der Waals surface area contributed by atoms with Gasteiger partial charge in [-0.25, -0.2) is 13.1 Å². The highest BCUT2D eigenvalue weighted by atomic mass is 32.2. The molecular formula is C13H22N2O3S. The smallest absolute Gasteiger partial charge is 0.241 e. The van der Waals surface area contributed by atoms with Gasteiger partial charge in [-0.2, -0.15) is 0 Å². The first-order valence-electron chi connectivity index (χ1n) is 6.15. The summed E-state index contributed by atoms with van der Waals surface area (Å²) < 4.78 is 32.4. The van der Waals surface area contributed by atoms with Crippen LogP contribution in [-0.2, 0) is 14.8 Å². The lowest BCUT2D eigenvalue weighted by molar-refractivity contribution is 0.157. The fraction of sp³-hybridized carbons (Fsp3) is 0.538. The van der Waals surface area contributed by atoms with Crippen LogP contribution in [0, 0.1) is 12.8 Å². The third-order valence-electron chi connectivity index (χ3n) is 2.95. The van der Waals surface area contributed by atoms with Gasteiger partial charge in [-0.15, -0.1) is 0 Å². The van der Waals surface area contributed by atoms with Gasteiger partial charge in [0.15, 0.2) is 0 Å². The van der Waals surface area contributed by atoms with Crippen molar-refractivity contribution in [3.63, 3.8) is 0 Å². The molecular weight excluding hydrogens is 264 g/mol. The summed E-state index contributed by atoms with van der Waals surface area (Å²) in [5, 5.41) is 0. The van der Waals surface area contributed by atoms with Gasteiger partial charge in [0.2, 0.25) is 10.0 Å². The zero-order valence-electron chi connectivity index (χ0n) is 11.8. The lowest BCUT2D eigenvalue weighted by Crippen LogP contribution is -2.41. The zero-order chi connectivity index (χ0) is 14.6. The molecule has 0 saturated carbocycles. The molecule has 0 saturated heterocycles. The second-order valence-electron chi connectivity index (χ2n) is 4.95. The van der Waals surface area contributed by atoms with E-state index in [1.807, 2.05) is 13.8 Å². The number of benzene rings is 1. The Balaban J connectivity index is 3.03. The van der Waals surface area contributed by atoms with Crippen molar-refractivity contribution in [2.45, 2.75) is 31.7 Å². The van der Waals surface area contributed by atoms with Gasteiger partial charge in [0.1, 0.15) is 0 Å². The molecule has 0 aliphatic heterocycles. The predicted molar refractivity (Wildman–Crippen MR) is 76.4 cm³/mol. The van der Waals surface area contributed by atoms with Crippen LogP contribution in [0.2, 0.25) is 0 Å². The van der Waals surface area contributed by atoms with E-state index in [4.69, 9.17) is 10.5 Å². The van der Waals surface area contributed by atoms with Gasteiger partial charge in [0.25, 0.3) is 0 Å². The highest BCUT2D eigenvalue weighted by molar-refractivity contribution is 7.89. The van der Waals surface area contributed by atoms with Crippen molar-refractivity contribution in [1.82, 2.24) is 4.72 Å². The molecule has 1 rings (SSSR count). The third-order valence-corrected chi connectivity index (χ3v) is 4.60. The average Bonchev–Trinajstić information content (AvgIpc) is 2.27. The van der Waals surface area contributed by atoms with Crippen LogP contribution in [-0.4, -0.2) is 28.2 Å². The molecule has 19 heavy (non-hydrogen) atoms. The Morgan fingerprint density at radius 3 is 2.47 bits per heavy atom. The Labute approximate surface area is 115 Å². The fourth-order valence-corrected chi connectivity index (χ4v) is 3.37. The van der Waals surface area contributed by atoms with Crippen LogP contribution in [0.4, 0.5) is 5.69 Å². The van der Waals surface area contributed by atoms with Crippen LogP contribution in [0.3, 0.4) is 0 Å². The molecule has 1 aromatic rings. The standard InChI is InChI=1S/C13H22N2O3S/c1-9(2)12(8-18-4)15-19(16,17)13-6-5-11(14)7-10(13)3/h5-7,9,12,15H,8,14H2,1-4H3. The van der Waals surface area contributed by atoms with Gasteiger partial charge in [0.05, 0.1) is 11.5 Å². The molecule has 6 heteroatoms. The average molecular weight is 286 g/mol. The topological polar surface area (TPSA) is 81.4 Å². The van der Waals surface area contributed by atoms with E-state index in [-0.39, 0.29) is 16.9 Å². The van der Waals surface area contributed by atoms with Gasteiger partial charge in [0, 0.05) is 18.8 Å². The number of aryl methyl sites for hydroxylation is 1. The second kappa shape index (κ2) is 6.36. The summed E-state index contributed by atoms with van der Waals surface area (Å²) in [6.07, 6.45) is 0. The van der Waals surface area contributed by atoms with Gasteiger partial charge in [-0.05, 0) is 36.6 Å². The molecule has 0 aliphatic rings. The van der Waals surface area contributed by atoms with Crippen molar-refractivity contribution in [1.29, 1.82) is 0 Å². The van der Waals surface area contributed by atoms with E-state index < -0.39 is 10.0 Å². The summed E-state index contributed by atoms with van der Waals surface area (Å²) in [4.78, 5) is 0.253. The van der Waals surface area contributed by atoms with Crippen LogP contribution in [0.5, 0.6) is 0 Å². The van der Waals surface area contributed by atoms with Gasteiger partial charge in [-0.1, -0.05) is 13.8 Å². The lowest BCUT2D eigenvalue weighted by Gasteiger charge is -2.22. The van der Waals surface area contributed by atoms with Gasteiger partial charge in [-0.3, -0.25) is 0 Å². The van der Waals surface area contributed by atoms with E-state index in [2.05, 4.69) is 4.72 Å². The molecule has 0 aromatic heterocycles. The predicted octanol–water partition coefficient (Wildman–Crippen LogP) is 1.53. The minimum Gasteiger partial charge on any atom is -0.399 e. The zero-order valence-corrected chi connectivity index (χ0v) is 12.6. The summed E-state index contributed by atoms with van der Waals surface area (Å²) in [5.74, 6) is 0.142. The minimum atomic E-state index is -3.56. The number of ether oxygens (including phenoxy) is 1. The summed E-state index contributed by atoms with van der Waals surface area (Å²) in [6, 6.07) is 4.50. The van der Waals surface area contributed by atoms with Crippen molar-refractivity contribution >= 4 is 15.7 Å². The van der Waals surface area contributed by atoms with Crippen LogP contribution in [0.1, 0.15) is 19.4 Å². The minimum absolute atomic E-state index is 0.142. The first-order chi connectivity index (χ1) is 8.77. The Bertz CT molecular complexity index is 527. The molecule has 108 valence electrons. The van der Waals surface area contributed by atoms with Crippen LogP contribution in [0.15, 0.2) is 23.1 Å². The monoisotopic (exact) mass is 286 g/mol. The summed E-state index contributed by atoms with van der Waals surface area (Å²) in [7, 11) is -2.01. The fourth-order valence-electron chi connectivity index (χ4n) is 1.78. The number of hydrogen-bond donors (Lipinski definition) is 2. The van der Waals surface area contributed by atoms with Crippen molar-refractivity contribution in [3.05, 3.63) is 23.8 Å². The van der Waals surface area contributed by atoms with E-state index in [9.17, 15) is 8.42 Å². The maximum Gasteiger partial charge on any atom is 0.241 e. The Hall–Kier alpha value is -1.11. The number of hydrogen-bond acceptors (Lipinski definition) is 4. The molecule has 0 aliphatic carbocycles. The van der Waals surface area contributed by atoms with Crippen molar-refractivity contribution in [3.8, 4) is 0 Å².